The molecule has 360 valence electrons. The molecule has 1 saturated carbocycles. The molecule has 6 aliphatic rings. The number of hydrogen-bond donors (Lipinski definition) is 3. The number of likely N-dealkylation sites (tertiary alicyclic amines) is 1. The molecule has 3 saturated heterocycles. The zero-order valence-electron chi connectivity index (χ0n) is 37.7. The lowest BCUT2D eigenvalue weighted by Crippen LogP contribution is -2.54. The van der Waals surface area contributed by atoms with Gasteiger partial charge in [0.2, 0.25) is 23.7 Å². The normalized spacial score (nSPS) is 21.5. The van der Waals surface area contributed by atoms with Gasteiger partial charge in [0.1, 0.15) is 23.3 Å². The van der Waals surface area contributed by atoms with E-state index in [4.69, 9.17) is 4.74 Å². The molecule has 1 unspecified atom stereocenters. The first kappa shape index (κ1) is 46.3. The number of aromatic nitrogens is 2. The van der Waals surface area contributed by atoms with Gasteiger partial charge in [-0.2, -0.15) is 13.8 Å². The summed E-state index contributed by atoms with van der Waals surface area (Å²) in [6.45, 7) is 2.60. The predicted molar refractivity (Wildman–Crippen MR) is 240 cm³/mol. The molecule has 3 N–H and O–H groups in total. The maximum absolute atomic E-state index is 15.1. The van der Waals surface area contributed by atoms with Crippen molar-refractivity contribution in [2.24, 2.45) is 0 Å². The van der Waals surface area contributed by atoms with E-state index in [0.717, 1.165) is 28.7 Å². The highest BCUT2D eigenvalue weighted by Gasteiger charge is 2.50. The molecule has 1 atom stereocenters. The Morgan fingerprint density at radius 2 is 1.62 bits per heavy atom. The topological polar surface area (TPSA) is 210 Å². The van der Waals surface area contributed by atoms with Gasteiger partial charge in [0, 0.05) is 83.3 Å². The summed E-state index contributed by atoms with van der Waals surface area (Å²) in [4.78, 5) is 109. The monoisotopic (exact) mass is 943 g/mol. The van der Waals surface area contributed by atoms with Gasteiger partial charge in [-0.15, -0.1) is 0 Å². The Morgan fingerprint density at radius 3 is 2.32 bits per heavy atom. The van der Waals surface area contributed by atoms with Crippen molar-refractivity contribution < 1.29 is 51.5 Å². The maximum atomic E-state index is 15.1. The number of nitrogens with zero attached hydrogens (tertiary/aromatic N) is 8. The van der Waals surface area contributed by atoms with Crippen LogP contribution in [-0.2, 0) is 19.2 Å². The minimum Gasteiger partial charge on any atom is -0.495 e. The molecule has 19 nitrogen and oxygen atoms in total. The summed E-state index contributed by atoms with van der Waals surface area (Å²) < 4.78 is 50.8. The maximum Gasteiger partial charge on any atom is 0.342 e. The summed E-state index contributed by atoms with van der Waals surface area (Å²) in [7, 11) is 2.74. The van der Waals surface area contributed by atoms with E-state index in [1.165, 1.54) is 31.3 Å². The van der Waals surface area contributed by atoms with Gasteiger partial charge in [0.25, 0.3) is 23.6 Å². The number of halogens is 3. The number of piperidine rings is 2. The van der Waals surface area contributed by atoms with Gasteiger partial charge >= 0.3 is 5.92 Å². The Bertz CT molecular complexity index is 2560. The van der Waals surface area contributed by atoms with Gasteiger partial charge in [0.05, 0.1) is 42.4 Å². The number of methoxy groups -OCH3 is 1. The lowest BCUT2D eigenvalue weighted by Gasteiger charge is -2.37. The van der Waals surface area contributed by atoms with E-state index < -0.39 is 53.9 Å². The van der Waals surface area contributed by atoms with Crippen LogP contribution in [0.15, 0.2) is 36.5 Å². The standard InChI is InChI=1S/C46H52F3N11O8/c1-55-33-24-50-45(54-39(33)59(28-5-3-4-6-28)25-46(48,49)44(55)67)52-30-9-7-26(23-34(30)68-2)40(63)51-27-13-17-58(18-14-27)36(62)15-16-56-19-21-57(22-20-56)31-10-8-29(47)37-38(31)43(66)60(42(37)65)32-11-12-35(61)53-41(32)64/h7-10,23-24,27-28,32H,3-6,11-22,25H2,1-2H3,(H,51,63)(H,50,52,54)(H,53,61,64). The molecule has 5 aliphatic heterocycles. The molecule has 7 amide bonds. The SMILES string of the molecule is COc1cc(C(=O)NC2CCN(C(=O)CCN3CCN(c4ccc(F)c5c4C(=O)N(C4CCC(=O)NC4=O)C5=O)CC3)CC2)ccc1Nc1ncc2c(n1)N(C1CCCC1)CC(F)(F)C(=O)N2C. The van der Waals surface area contributed by atoms with Crippen molar-refractivity contribution in [1.29, 1.82) is 0 Å². The molecule has 6 heterocycles. The molecule has 9 rings (SSSR count). The second-order valence-corrected chi connectivity index (χ2v) is 18.0. The quantitative estimate of drug-likeness (QED) is 0.236. The molecule has 1 aliphatic carbocycles. The summed E-state index contributed by atoms with van der Waals surface area (Å²) in [5.74, 6) is -8.43. The van der Waals surface area contributed by atoms with Crippen LogP contribution >= 0.6 is 0 Å². The molecular formula is C46H52F3N11O8. The fourth-order valence-electron chi connectivity index (χ4n) is 10.1. The van der Waals surface area contributed by atoms with Crippen LogP contribution in [0.3, 0.4) is 0 Å². The van der Waals surface area contributed by atoms with Crippen LogP contribution in [0.25, 0.3) is 0 Å². The van der Waals surface area contributed by atoms with E-state index in [0.29, 0.717) is 94.2 Å². The molecular weight excluding hydrogens is 892 g/mol. The lowest BCUT2D eigenvalue weighted by atomic mass is 10.0. The number of rotatable bonds is 11. The van der Waals surface area contributed by atoms with Crippen molar-refractivity contribution in [3.05, 3.63) is 59.0 Å². The van der Waals surface area contributed by atoms with Gasteiger partial charge < -0.3 is 35.0 Å². The average molecular weight is 944 g/mol. The number of imide groups is 2. The Morgan fingerprint density at radius 1 is 0.897 bits per heavy atom. The van der Waals surface area contributed by atoms with Gasteiger partial charge in [0.15, 0.2) is 5.82 Å². The lowest BCUT2D eigenvalue weighted by molar-refractivity contribution is -0.140. The predicted octanol–water partition coefficient (Wildman–Crippen LogP) is 3.06. The fourth-order valence-corrected chi connectivity index (χ4v) is 10.1. The zero-order chi connectivity index (χ0) is 48.0. The molecule has 1 aromatic heterocycles. The first-order valence-electron chi connectivity index (χ1n) is 23.0. The number of benzene rings is 2. The molecule has 68 heavy (non-hydrogen) atoms. The number of hydrogen-bond acceptors (Lipinski definition) is 14. The minimum absolute atomic E-state index is 0.0119. The molecule has 4 fully saturated rings. The Balaban J connectivity index is 0.750. The van der Waals surface area contributed by atoms with E-state index in [1.807, 2.05) is 4.90 Å². The fraction of sp³-hybridized carbons (Fsp3) is 0.500. The second kappa shape index (κ2) is 18.7. The van der Waals surface area contributed by atoms with E-state index in [2.05, 4.69) is 30.8 Å². The summed E-state index contributed by atoms with van der Waals surface area (Å²) >= 11 is 0. The van der Waals surface area contributed by atoms with Crippen molar-refractivity contribution in [2.45, 2.75) is 81.8 Å². The summed E-state index contributed by atoms with van der Waals surface area (Å²) in [5.41, 5.74) is 0.862. The summed E-state index contributed by atoms with van der Waals surface area (Å²) in [6, 6.07) is 5.84. The minimum atomic E-state index is -3.61. The Hall–Kier alpha value is -6.84. The first-order valence-corrected chi connectivity index (χ1v) is 23.0. The van der Waals surface area contributed by atoms with Crippen LogP contribution in [0.1, 0.15) is 88.9 Å². The number of fused-ring (bicyclic) bond motifs is 2. The van der Waals surface area contributed by atoms with Crippen LogP contribution in [0.5, 0.6) is 5.75 Å². The average Bonchev–Trinajstić information content (AvgIpc) is 3.95. The molecule has 3 aromatic rings. The summed E-state index contributed by atoms with van der Waals surface area (Å²) in [6.07, 6.45) is 5.84. The number of carbonyl (C=O) groups is 7. The molecule has 0 radical (unpaired) electrons. The highest BCUT2D eigenvalue weighted by Crippen LogP contribution is 2.41. The van der Waals surface area contributed by atoms with E-state index in [-0.39, 0.29) is 71.7 Å². The number of alkyl halides is 2. The second-order valence-electron chi connectivity index (χ2n) is 18.0. The Labute approximate surface area is 389 Å². The van der Waals surface area contributed by atoms with E-state index in [9.17, 15) is 33.6 Å². The van der Waals surface area contributed by atoms with E-state index >= 15 is 13.2 Å². The third-order valence-corrected chi connectivity index (χ3v) is 13.9. The van der Waals surface area contributed by atoms with Crippen LogP contribution in [0.4, 0.5) is 42.0 Å². The summed E-state index contributed by atoms with van der Waals surface area (Å²) in [5, 5.41) is 8.30. The van der Waals surface area contributed by atoms with Crippen molar-refractivity contribution in [3.63, 3.8) is 0 Å². The van der Waals surface area contributed by atoms with Crippen molar-refractivity contribution >= 4 is 70.2 Å². The molecule has 0 bridgehead atoms. The van der Waals surface area contributed by atoms with Gasteiger partial charge in [-0.25, -0.2) is 9.37 Å². The number of carbonyl (C=O) groups excluding carboxylic acids is 7. The van der Waals surface area contributed by atoms with Crippen molar-refractivity contribution in [1.82, 2.24) is 35.3 Å². The van der Waals surface area contributed by atoms with Crippen LogP contribution < -0.4 is 35.4 Å². The first-order chi connectivity index (χ1) is 32.6. The van der Waals surface area contributed by atoms with Gasteiger partial charge in [-0.05, 0) is 62.4 Å². The number of piperazine rings is 1. The van der Waals surface area contributed by atoms with Crippen molar-refractivity contribution in [2.75, 3.05) is 86.5 Å². The zero-order valence-corrected chi connectivity index (χ0v) is 37.7. The van der Waals surface area contributed by atoms with Gasteiger partial charge in [-0.3, -0.25) is 48.7 Å². The highest BCUT2D eigenvalue weighted by molar-refractivity contribution is 6.25. The molecule has 0 spiro atoms. The van der Waals surface area contributed by atoms with Gasteiger partial charge in [-0.1, -0.05) is 12.8 Å². The van der Waals surface area contributed by atoms with Crippen LogP contribution in [0.2, 0.25) is 0 Å². The highest BCUT2D eigenvalue weighted by atomic mass is 19.3. The van der Waals surface area contributed by atoms with Crippen LogP contribution in [0, 0.1) is 5.82 Å². The number of anilines is 5. The molecule has 22 heteroatoms. The largest absolute Gasteiger partial charge is 0.495 e. The van der Waals surface area contributed by atoms with Crippen LogP contribution in [-0.4, -0.2) is 157 Å². The smallest absolute Gasteiger partial charge is 0.342 e. The number of amides is 7. The van der Waals surface area contributed by atoms with E-state index in [1.54, 1.807) is 23.1 Å². The molecule has 2 aromatic carbocycles. The third kappa shape index (κ3) is 8.88. The Kier molecular flexibility index (Phi) is 12.7. The number of nitrogens with one attached hydrogen (secondary N) is 3. The number of ether oxygens (including phenoxy) is 1. The van der Waals surface area contributed by atoms with Crippen molar-refractivity contribution in [3.8, 4) is 5.75 Å². The third-order valence-electron chi connectivity index (χ3n) is 13.9.